The molecule has 0 spiro atoms. The van der Waals surface area contributed by atoms with Crippen LogP contribution in [-0.4, -0.2) is 31.2 Å². The second kappa shape index (κ2) is 6.01. The maximum absolute atomic E-state index is 12.1. The summed E-state index contributed by atoms with van der Waals surface area (Å²) in [5.41, 5.74) is 0.0693. The van der Waals surface area contributed by atoms with Gasteiger partial charge in [0.05, 0.1) is 0 Å². The van der Waals surface area contributed by atoms with Crippen molar-refractivity contribution < 1.29 is 23.8 Å². The third-order valence-corrected chi connectivity index (χ3v) is 8.09. The summed E-state index contributed by atoms with van der Waals surface area (Å²) in [6.07, 6.45) is 3.30. The molecule has 0 N–H and O–H groups in total. The molecule has 2 rings (SSSR count). The number of carbonyl (C=O) groups excluding carboxylic acids is 2. The molecule has 2 aliphatic rings. The molecule has 102 valence electrons. The van der Waals surface area contributed by atoms with E-state index in [9.17, 15) is 9.59 Å². The fourth-order valence-corrected chi connectivity index (χ4v) is 7.00. The number of hydrogen-bond donors (Lipinski definition) is 0. The third kappa shape index (κ3) is 2.69. The van der Waals surface area contributed by atoms with Gasteiger partial charge in [0.25, 0.3) is 0 Å². The van der Waals surface area contributed by atoms with Crippen LogP contribution in [0.4, 0.5) is 0 Å². The number of alkyl halides is 2. The summed E-state index contributed by atoms with van der Waals surface area (Å²) in [6, 6.07) is 0. The fraction of sp³-hybridized carbons (Fsp3) is 0.667. The Hall–Kier alpha value is -0.630. The molecule has 2 atom stereocenters. The van der Waals surface area contributed by atoms with E-state index in [1.165, 1.54) is 6.26 Å². The van der Waals surface area contributed by atoms with Crippen molar-refractivity contribution in [3.05, 3.63) is 11.8 Å². The van der Waals surface area contributed by atoms with Crippen LogP contribution in [-0.2, 0) is 23.8 Å². The van der Waals surface area contributed by atoms with Crippen molar-refractivity contribution in [1.82, 2.24) is 0 Å². The molecule has 0 radical (unpaired) electrons. The van der Waals surface area contributed by atoms with Crippen LogP contribution in [0.25, 0.3) is 0 Å². The topological polar surface area (TPSA) is 61.8 Å². The van der Waals surface area contributed by atoms with Crippen LogP contribution in [0.5, 0.6) is 0 Å². The molecule has 1 saturated heterocycles. The summed E-state index contributed by atoms with van der Waals surface area (Å²) in [7, 11) is 0. The normalized spacial score (nSPS) is 27.1. The molecule has 18 heavy (non-hydrogen) atoms. The zero-order chi connectivity index (χ0) is 13.1. The summed E-state index contributed by atoms with van der Waals surface area (Å²) in [5.74, 6) is -0.572. The van der Waals surface area contributed by atoms with Crippen molar-refractivity contribution >= 4 is 29.6 Å². The number of hydrogen-bond acceptors (Lipinski definition) is 5. The Kier molecular flexibility index (Phi) is 4.60. The van der Waals surface area contributed by atoms with Gasteiger partial charge in [0.2, 0.25) is 0 Å². The van der Waals surface area contributed by atoms with Crippen molar-refractivity contribution in [3.8, 4) is 0 Å². The van der Waals surface area contributed by atoms with E-state index in [-0.39, 0.29) is 24.2 Å². The van der Waals surface area contributed by atoms with Gasteiger partial charge in [-0.25, -0.2) is 0 Å². The summed E-state index contributed by atoms with van der Waals surface area (Å²) >= 11 is -1.96. The van der Waals surface area contributed by atoms with Gasteiger partial charge in [-0.1, -0.05) is 0 Å². The van der Waals surface area contributed by atoms with Crippen LogP contribution in [0.1, 0.15) is 26.7 Å². The van der Waals surface area contributed by atoms with E-state index in [1.54, 1.807) is 6.92 Å². The Morgan fingerprint density at radius 3 is 2.94 bits per heavy atom. The van der Waals surface area contributed by atoms with Crippen molar-refractivity contribution in [1.29, 1.82) is 0 Å². The molecule has 2 heterocycles. The Labute approximate surface area is 113 Å². The second-order valence-electron chi connectivity index (χ2n) is 3.93. The van der Waals surface area contributed by atoms with Crippen LogP contribution in [0.3, 0.4) is 0 Å². The van der Waals surface area contributed by atoms with Gasteiger partial charge in [0, 0.05) is 0 Å². The first-order valence-corrected chi connectivity index (χ1v) is 9.63. The van der Waals surface area contributed by atoms with E-state index in [0.717, 1.165) is 12.8 Å². The van der Waals surface area contributed by atoms with Gasteiger partial charge in [-0.05, 0) is 0 Å². The maximum atomic E-state index is 12.1. The molecule has 2 aliphatic heterocycles. The molecular formula is C12H17IO5. The van der Waals surface area contributed by atoms with Crippen molar-refractivity contribution in [2.75, 3.05) is 13.2 Å². The Balaban J connectivity index is 1.89. The van der Waals surface area contributed by atoms with Gasteiger partial charge >= 0.3 is 113 Å². The summed E-state index contributed by atoms with van der Waals surface area (Å²) in [4.78, 5) is 23.6. The standard InChI is InChI=1S/C12H17IO5/c1-3-5-6-17-10-11-13(10)9(14)8(7-18-11)12(15)16-4-2/h7,10-11H,3-6H2,1-2H3/t10?,11-/m0/s1. The zero-order valence-corrected chi connectivity index (χ0v) is 12.6. The van der Waals surface area contributed by atoms with Crippen LogP contribution in [0.2, 0.25) is 0 Å². The molecule has 1 unspecified atom stereocenters. The van der Waals surface area contributed by atoms with Gasteiger partial charge < -0.3 is 0 Å². The van der Waals surface area contributed by atoms with Gasteiger partial charge in [-0.2, -0.15) is 0 Å². The molecule has 0 aromatic rings. The quantitative estimate of drug-likeness (QED) is 0.179. The molecule has 1 fully saturated rings. The zero-order valence-electron chi connectivity index (χ0n) is 10.5. The van der Waals surface area contributed by atoms with Crippen LogP contribution < -0.4 is 0 Å². The van der Waals surface area contributed by atoms with E-state index in [1.807, 2.05) is 0 Å². The first kappa shape index (κ1) is 13.8. The van der Waals surface area contributed by atoms with Crippen LogP contribution in [0, 0.1) is 0 Å². The Morgan fingerprint density at radius 1 is 1.50 bits per heavy atom. The van der Waals surface area contributed by atoms with Gasteiger partial charge in [-0.3, -0.25) is 0 Å². The van der Waals surface area contributed by atoms with E-state index >= 15 is 0 Å². The number of rotatable bonds is 6. The molecule has 5 nitrogen and oxygen atoms in total. The van der Waals surface area contributed by atoms with Crippen LogP contribution >= 0.6 is 19.8 Å². The van der Waals surface area contributed by atoms with E-state index in [0.29, 0.717) is 6.61 Å². The molecule has 6 heteroatoms. The predicted octanol–water partition coefficient (Wildman–Crippen LogP) is 1.98. The number of carbonyl (C=O) groups is 2. The fourth-order valence-electron chi connectivity index (χ4n) is 1.59. The van der Waals surface area contributed by atoms with E-state index < -0.39 is 25.8 Å². The predicted molar refractivity (Wildman–Crippen MR) is 73.3 cm³/mol. The summed E-state index contributed by atoms with van der Waals surface area (Å²) in [5, 5.41) is 0. The third-order valence-electron chi connectivity index (χ3n) is 2.60. The first-order valence-electron chi connectivity index (χ1n) is 6.06. The summed E-state index contributed by atoms with van der Waals surface area (Å²) in [6.45, 7) is 4.72. The number of esters is 1. The minimum atomic E-state index is -1.96. The average molecular weight is 368 g/mol. The number of halogens is 1. The Bertz CT molecular complexity index is 379. The Morgan fingerprint density at radius 2 is 2.28 bits per heavy atom. The molecule has 0 aliphatic carbocycles. The summed E-state index contributed by atoms with van der Waals surface area (Å²) < 4.78 is 15.7. The van der Waals surface area contributed by atoms with Gasteiger partial charge in [0.1, 0.15) is 0 Å². The van der Waals surface area contributed by atoms with Gasteiger partial charge in [0.15, 0.2) is 0 Å². The first-order chi connectivity index (χ1) is 8.70. The number of ether oxygens (including phenoxy) is 3. The second-order valence-corrected chi connectivity index (χ2v) is 9.33. The van der Waals surface area contributed by atoms with Gasteiger partial charge in [-0.15, -0.1) is 0 Å². The van der Waals surface area contributed by atoms with Crippen molar-refractivity contribution in [3.63, 3.8) is 0 Å². The molecule has 0 saturated carbocycles. The number of unbranched alkanes of at least 4 members (excludes halogenated alkanes) is 1. The number of fused-ring (bicyclic) bond motifs is 1. The SMILES string of the molecule is CCCCOC1[C@@H]2OC=C(C(=O)OCC)C(=O)I12. The van der Waals surface area contributed by atoms with E-state index in [2.05, 4.69) is 6.92 Å². The van der Waals surface area contributed by atoms with Crippen LogP contribution in [0.15, 0.2) is 11.8 Å². The molecule has 0 amide bonds. The molecule has 0 aromatic carbocycles. The minimum absolute atomic E-state index is 0.0450. The molecular weight excluding hydrogens is 351 g/mol. The molecule has 0 bridgehead atoms. The van der Waals surface area contributed by atoms with E-state index in [4.69, 9.17) is 14.2 Å². The van der Waals surface area contributed by atoms with Crippen molar-refractivity contribution in [2.45, 2.75) is 34.9 Å². The average Bonchev–Trinajstić information content (AvgIpc) is 3.05. The monoisotopic (exact) mass is 368 g/mol. The van der Waals surface area contributed by atoms with Crippen molar-refractivity contribution in [2.24, 2.45) is 0 Å². The molecule has 0 aromatic heterocycles.